The molecule has 1 saturated heterocycles. The Kier molecular flexibility index (Phi) is 8.46. The number of piperidine rings is 1. The Morgan fingerprint density at radius 2 is 1.81 bits per heavy atom. The summed E-state index contributed by atoms with van der Waals surface area (Å²) in [7, 11) is 0. The fraction of sp³-hybridized carbons (Fsp3) is 0.500. The van der Waals surface area contributed by atoms with Crippen molar-refractivity contribution in [2.75, 3.05) is 31.6 Å². The van der Waals surface area contributed by atoms with Gasteiger partial charge in [0.25, 0.3) is 0 Å². The molecule has 8 nitrogen and oxygen atoms in total. The summed E-state index contributed by atoms with van der Waals surface area (Å²) in [6.07, 6.45) is 1.53. The van der Waals surface area contributed by atoms with Crippen LogP contribution in [0.15, 0.2) is 18.2 Å². The summed E-state index contributed by atoms with van der Waals surface area (Å²) in [6.45, 7) is 6.73. The topological polar surface area (TPSA) is 96.8 Å². The van der Waals surface area contributed by atoms with Crippen LogP contribution in [0.25, 0.3) is 0 Å². The van der Waals surface area contributed by atoms with E-state index in [1.54, 1.807) is 18.2 Å². The Morgan fingerprint density at radius 3 is 2.38 bits per heavy atom. The quantitative estimate of drug-likeness (QED) is 0.511. The highest BCUT2D eigenvalue weighted by molar-refractivity contribution is 6.28. The average Bonchev–Trinajstić information content (AvgIpc) is 2.72. The molecule has 0 amide bonds. The first-order chi connectivity index (χ1) is 15.4. The molecule has 2 heterocycles. The van der Waals surface area contributed by atoms with Crippen molar-refractivity contribution >= 4 is 23.4 Å². The van der Waals surface area contributed by atoms with Gasteiger partial charge in [-0.05, 0) is 56.0 Å². The number of halogens is 2. The Hall–Kier alpha value is -2.65. The molecular formula is C22H28ClFN4O4. The van der Waals surface area contributed by atoms with Gasteiger partial charge in [0.15, 0.2) is 11.5 Å². The molecule has 1 fully saturated rings. The van der Waals surface area contributed by atoms with Crippen molar-refractivity contribution in [2.45, 2.75) is 45.7 Å². The van der Waals surface area contributed by atoms with Crippen molar-refractivity contribution in [2.24, 2.45) is 0 Å². The van der Waals surface area contributed by atoms with E-state index in [4.69, 9.17) is 26.2 Å². The van der Waals surface area contributed by atoms with Crippen LogP contribution in [0.3, 0.4) is 0 Å². The smallest absolute Gasteiger partial charge is 0.309 e. The highest BCUT2D eigenvalue weighted by atomic mass is 35.5. The van der Waals surface area contributed by atoms with Crippen LogP contribution < -0.4 is 14.8 Å². The molecule has 0 spiro atoms. The third-order valence-electron chi connectivity index (χ3n) is 5.10. The zero-order valence-corrected chi connectivity index (χ0v) is 19.0. The molecule has 0 aliphatic carbocycles. The number of likely N-dealkylation sites (tertiary alicyclic amines) is 1. The summed E-state index contributed by atoms with van der Waals surface area (Å²) in [5.41, 5.74) is 1.30. The Morgan fingerprint density at radius 1 is 1.19 bits per heavy atom. The molecule has 0 unspecified atom stereocenters. The number of ether oxygens (including phenoxy) is 2. The van der Waals surface area contributed by atoms with Crippen molar-refractivity contribution in [3.8, 4) is 11.5 Å². The second-order valence-corrected chi connectivity index (χ2v) is 7.89. The van der Waals surface area contributed by atoms with Gasteiger partial charge in [0.05, 0.1) is 25.3 Å². The number of benzene rings is 1. The van der Waals surface area contributed by atoms with Crippen LogP contribution in [-0.4, -0.2) is 58.3 Å². The maximum atomic E-state index is 14.5. The van der Waals surface area contributed by atoms with Gasteiger partial charge in [-0.3, -0.25) is 9.69 Å². The molecule has 1 aromatic heterocycles. The maximum Gasteiger partial charge on any atom is 0.309 e. The van der Waals surface area contributed by atoms with Crippen LogP contribution >= 0.6 is 11.6 Å². The van der Waals surface area contributed by atoms with Gasteiger partial charge in [-0.15, -0.1) is 0 Å². The lowest BCUT2D eigenvalue weighted by Crippen LogP contribution is -2.38. The van der Waals surface area contributed by atoms with Crippen molar-refractivity contribution in [1.82, 2.24) is 14.9 Å². The Balaban J connectivity index is 1.59. The SMILES string of the molecule is CCOc1cc(CN2CCC(Nc3cc(CC(=O)O)nc(Cl)n3)CC2)cc(OCC)c1F. The van der Waals surface area contributed by atoms with E-state index in [1.807, 2.05) is 13.8 Å². The van der Waals surface area contributed by atoms with Gasteiger partial charge in [0.1, 0.15) is 5.82 Å². The van der Waals surface area contributed by atoms with Crippen LogP contribution in [-0.2, 0) is 17.8 Å². The monoisotopic (exact) mass is 466 g/mol. The minimum atomic E-state index is -0.972. The highest BCUT2D eigenvalue weighted by Crippen LogP contribution is 2.30. The second-order valence-electron chi connectivity index (χ2n) is 7.55. The first kappa shape index (κ1) is 24.0. The van der Waals surface area contributed by atoms with Crippen LogP contribution in [0.4, 0.5) is 10.2 Å². The van der Waals surface area contributed by atoms with Gasteiger partial charge in [0.2, 0.25) is 11.1 Å². The number of carbonyl (C=O) groups is 1. The fourth-order valence-electron chi connectivity index (χ4n) is 3.73. The minimum Gasteiger partial charge on any atom is -0.491 e. The molecule has 10 heteroatoms. The molecule has 1 aliphatic rings. The van der Waals surface area contributed by atoms with E-state index in [0.717, 1.165) is 31.5 Å². The Labute approximate surface area is 191 Å². The summed E-state index contributed by atoms with van der Waals surface area (Å²) >= 11 is 5.94. The van der Waals surface area contributed by atoms with Crippen LogP contribution in [0, 0.1) is 5.82 Å². The van der Waals surface area contributed by atoms with E-state index in [0.29, 0.717) is 31.3 Å². The first-order valence-corrected chi connectivity index (χ1v) is 11.1. The third kappa shape index (κ3) is 6.67. The van der Waals surface area contributed by atoms with Gasteiger partial charge in [-0.2, -0.15) is 4.39 Å². The molecule has 1 aliphatic heterocycles. The number of hydrogen-bond acceptors (Lipinski definition) is 7. The number of nitrogens with one attached hydrogen (secondary N) is 1. The number of hydrogen-bond donors (Lipinski definition) is 2. The third-order valence-corrected chi connectivity index (χ3v) is 5.26. The van der Waals surface area contributed by atoms with Gasteiger partial charge >= 0.3 is 5.97 Å². The maximum absolute atomic E-state index is 14.5. The molecule has 32 heavy (non-hydrogen) atoms. The van der Waals surface area contributed by atoms with Crippen LogP contribution in [0.1, 0.15) is 37.9 Å². The molecule has 1 aromatic carbocycles. The number of rotatable bonds is 10. The van der Waals surface area contributed by atoms with Crippen molar-refractivity contribution in [3.05, 3.63) is 40.6 Å². The van der Waals surface area contributed by atoms with E-state index in [2.05, 4.69) is 20.2 Å². The van der Waals surface area contributed by atoms with Gasteiger partial charge < -0.3 is 19.9 Å². The minimum absolute atomic E-state index is 0.0233. The van der Waals surface area contributed by atoms with E-state index in [-0.39, 0.29) is 29.2 Å². The van der Waals surface area contributed by atoms with E-state index in [9.17, 15) is 9.18 Å². The van der Waals surface area contributed by atoms with Crippen molar-refractivity contribution in [1.29, 1.82) is 0 Å². The first-order valence-electron chi connectivity index (χ1n) is 10.7. The molecule has 2 N–H and O–H groups in total. The molecule has 174 valence electrons. The zero-order valence-electron chi connectivity index (χ0n) is 18.2. The summed E-state index contributed by atoms with van der Waals surface area (Å²) in [5, 5.41) is 12.3. The number of anilines is 1. The van der Waals surface area contributed by atoms with Gasteiger partial charge in [0, 0.05) is 31.7 Å². The predicted molar refractivity (Wildman–Crippen MR) is 119 cm³/mol. The lowest BCUT2D eigenvalue weighted by Gasteiger charge is -2.32. The summed E-state index contributed by atoms with van der Waals surface area (Å²) in [5.74, 6) is -0.488. The summed E-state index contributed by atoms with van der Waals surface area (Å²) < 4.78 is 25.3. The predicted octanol–water partition coefficient (Wildman–Crippen LogP) is 3.77. The van der Waals surface area contributed by atoms with Crippen LogP contribution in [0.2, 0.25) is 5.28 Å². The normalized spacial score (nSPS) is 14.9. The zero-order chi connectivity index (χ0) is 23.1. The number of carboxylic acids is 1. The molecular weight excluding hydrogens is 439 g/mol. The van der Waals surface area contributed by atoms with Crippen molar-refractivity contribution in [3.63, 3.8) is 0 Å². The van der Waals surface area contributed by atoms with E-state index >= 15 is 0 Å². The number of aliphatic carboxylic acids is 1. The van der Waals surface area contributed by atoms with Gasteiger partial charge in [-0.1, -0.05) is 0 Å². The largest absolute Gasteiger partial charge is 0.491 e. The lowest BCUT2D eigenvalue weighted by atomic mass is 10.0. The summed E-state index contributed by atoms with van der Waals surface area (Å²) in [4.78, 5) is 21.3. The number of nitrogens with zero attached hydrogens (tertiary/aromatic N) is 3. The molecule has 0 saturated carbocycles. The van der Waals surface area contributed by atoms with E-state index in [1.165, 1.54) is 0 Å². The Bertz CT molecular complexity index is 911. The molecule has 0 bridgehead atoms. The lowest BCUT2D eigenvalue weighted by molar-refractivity contribution is -0.136. The molecule has 0 radical (unpaired) electrons. The number of aromatic nitrogens is 2. The van der Waals surface area contributed by atoms with Crippen LogP contribution in [0.5, 0.6) is 11.5 Å². The number of carboxylic acid groups (broad SMARTS) is 1. The second kappa shape index (κ2) is 11.3. The molecule has 3 rings (SSSR count). The average molecular weight is 467 g/mol. The fourth-order valence-corrected chi connectivity index (χ4v) is 3.93. The van der Waals surface area contributed by atoms with Crippen molar-refractivity contribution < 1.29 is 23.8 Å². The van der Waals surface area contributed by atoms with Gasteiger partial charge in [-0.25, -0.2) is 9.97 Å². The standard InChI is InChI=1S/C22H28ClFN4O4/c1-3-31-17-9-14(10-18(21(17)24)32-4-2)13-28-7-5-15(6-8-28)25-19-11-16(12-20(29)30)26-22(23)27-19/h9-11,15H,3-8,12-13H2,1-2H3,(H,29,30)(H,25,26,27). The molecule has 2 aromatic rings. The summed E-state index contributed by atoms with van der Waals surface area (Å²) in [6, 6.07) is 5.27. The molecule has 0 atom stereocenters. The van der Waals surface area contributed by atoms with E-state index < -0.39 is 11.8 Å². The highest BCUT2D eigenvalue weighted by Gasteiger charge is 2.21.